The Morgan fingerprint density at radius 2 is 2.08 bits per heavy atom. The third kappa shape index (κ3) is 6.71. The number of ether oxygens (including phenoxy) is 1. The van der Waals surface area contributed by atoms with Crippen molar-refractivity contribution in [3.05, 3.63) is 34.9 Å². The molecule has 3 N–H and O–H groups in total. The normalized spacial score (nSPS) is 27.0. The number of hydrogen-bond donors (Lipinski definition) is 3. The molecule has 1 aliphatic carbocycles. The zero-order chi connectivity index (χ0) is 27.0. The first-order valence-corrected chi connectivity index (χ1v) is 14.0. The summed E-state index contributed by atoms with van der Waals surface area (Å²) in [7, 11) is 0. The average molecular weight is 547 g/mol. The minimum Gasteiger partial charge on any atom is -0.449 e. The predicted molar refractivity (Wildman–Crippen MR) is 143 cm³/mol. The number of benzene rings is 1. The molecule has 10 heteroatoms. The number of carbonyl (C=O) groups is 3. The minimum absolute atomic E-state index is 0.0871. The molecule has 2 heterocycles. The van der Waals surface area contributed by atoms with E-state index in [2.05, 4.69) is 22.0 Å². The second-order valence-corrected chi connectivity index (χ2v) is 13.7. The summed E-state index contributed by atoms with van der Waals surface area (Å²) in [5, 5.41) is 18.5. The van der Waals surface area contributed by atoms with Crippen LogP contribution in [0.2, 0.25) is 5.02 Å². The van der Waals surface area contributed by atoms with Gasteiger partial charge in [-0.15, -0.1) is 11.8 Å². The van der Waals surface area contributed by atoms with Crippen molar-refractivity contribution in [3.63, 3.8) is 0 Å². The van der Waals surface area contributed by atoms with Gasteiger partial charge in [0.15, 0.2) is 0 Å². The van der Waals surface area contributed by atoms with Crippen molar-refractivity contribution >= 4 is 41.3 Å². The number of thioether (sulfide) groups is 1. The van der Waals surface area contributed by atoms with Gasteiger partial charge < -0.3 is 20.7 Å². The highest BCUT2D eigenvalue weighted by Crippen LogP contribution is 2.59. The Hall–Kier alpha value is -2.44. The number of nitriles is 1. The van der Waals surface area contributed by atoms with Gasteiger partial charge in [0.25, 0.3) is 0 Å². The van der Waals surface area contributed by atoms with E-state index in [9.17, 15) is 19.6 Å². The second-order valence-electron chi connectivity index (χ2n) is 11.8. The van der Waals surface area contributed by atoms with Gasteiger partial charge in [-0.1, -0.05) is 50.4 Å². The smallest absolute Gasteiger partial charge is 0.408 e. The van der Waals surface area contributed by atoms with Gasteiger partial charge in [0, 0.05) is 21.9 Å². The molecule has 200 valence electrons. The van der Waals surface area contributed by atoms with Gasteiger partial charge in [0.2, 0.25) is 11.8 Å². The lowest BCUT2D eigenvalue weighted by Crippen LogP contribution is -2.47. The Balaban J connectivity index is 1.33. The maximum absolute atomic E-state index is 13.4. The summed E-state index contributed by atoms with van der Waals surface area (Å²) in [5.74, 6) is -0.239. The van der Waals surface area contributed by atoms with Crippen LogP contribution in [-0.4, -0.2) is 46.2 Å². The fraction of sp³-hybridized carbons (Fsp3) is 0.630. The first-order chi connectivity index (χ1) is 17.3. The second kappa shape index (κ2) is 10.4. The Morgan fingerprint density at radius 1 is 1.35 bits per heavy atom. The van der Waals surface area contributed by atoms with Crippen LogP contribution in [0.15, 0.2) is 24.3 Å². The van der Waals surface area contributed by atoms with Gasteiger partial charge in [-0.05, 0) is 56.7 Å². The van der Waals surface area contributed by atoms with Gasteiger partial charge in [-0.25, -0.2) is 4.79 Å². The summed E-state index contributed by atoms with van der Waals surface area (Å²) < 4.78 is 4.71. The van der Waals surface area contributed by atoms with Crippen molar-refractivity contribution in [1.29, 1.82) is 5.26 Å². The van der Waals surface area contributed by atoms with E-state index >= 15 is 0 Å². The van der Waals surface area contributed by atoms with Crippen LogP contribution in [-0.2, 0) is 19.7 Å². The van der Waals surface area contributed by atoms with E-state index < -0.39 is 27.7 Å². The molecule has 1 saturated carbocycles. The lowest BCUT2D eigenvalue weighted by atomic mass is 9.86. The highest BCUT2D eigenvalue weighted by Gasteiger charge is 2.64. The average Bonchev–Trinajstić information content (AvgIpc) is 3.73. The third-order valence-corrected chi connectivity index (χ3v) is 9.10. The van der Waals surface area contributed by atoms with Crippen LogP contribution in [0.3, 0.4) is 0 Å². The van der Waals surface area contributed by atoms with Crippen molar-refractivity contribution < 1.29 is 19.1 Å². The fourth-order valence-electron chi connectivity index (χ4n) is 4.98. The van der Waals surface area contributed by atoms with E-state index in [4.69, 9.17) is 16.3 Å². The van der Waals surface area contributed by atoms with Crippen molar-refractivity contribution in [2.24, 2.45) is 11.8 Å². The van der Waals surface area contributed by atoms with E-state index in [-0.39, 0.29) is 36.3 Å². The van der Waals surface area contributed by atoms with Crippen molar-refractivity contribution in [2.45, 2.75) is 86.9 Å². The maximum Gasteiger partial charge on any atom is 0.408 e. The monoisotopic (exact) mass is 546 g/mol. The number of nitrogens with one attached hydrogen (secondary N) is 3. The summed E-state index contributed by atoms with van der Waals surface area (Å²) >= 11 is 7.50. The van der Waals surface area contributed by atoms with E-state index in [1.807, 2.05) is 45.9 Å². The van der Waals surface area contributed by atoms with Crippen LogP contribution < -0.4 is 16.0 Å². The molecule has 1 aromatic rings. The zero-order valence-electron chi connectivity index (χ0n) is 21.7. The molecular weight excluding hydrogens is 512 g/mol. The van der Waals surface area contributed by atoms with Gasteiger partial charge in [-0.2, -0.15) is 5.26 Å². The van der Waals surface area contributed by atoms with Crippen LogP contribution in [0.25, 0.3) is 0 Å². The van der Waals surface area contributed by atoms with Crippen LogP contribution in [0.4, 0.5) is 4.79 Å². The third-order valence-electron chi connectivity index (χ3n) is 7.36. The van der Waals surface area contributed by atoms with Gasteiger partial charge in [-0.3, -0.25) is 9.59 Å². The van der Waals surface area contributed by atoms with Crippen LogP contribution in [0.5, 0.6) is 0 Å². The molecule has 3 fully saturated rings. The summed E-state index contributed by atoms with van der Waals surface area (Å²) in [5.41, 5.74) is 0.197. The summed E-state index contributed by atoms with van der Waals surface area (Å²) in [6.45, 7) is 7.98. The Kier molecular flexibility index (Phi) is 7.74. The molecular formula is C27H35ClN4O4S. The molecule has 0 bridgehead atoms. The molecule has 37 heavy (non-hydrogen) atoms. The standard InChI is InChI=1S/C27H35ClN4O4S/c1-25(2,18-6-5-7-19(28)11-18)15-36-24(35)31-23-27(37-23,12-16-8-9-16)22(34)30-20(14-29)10-17-13-26(3,4)32-21(17)33/h5-7,11,16-17,20,23H,8-10,12-13,15H2,1-4H3,(H,30,34)(H,31,35)(H,32,33)/t17-,20+,23?,27+/m1/s1. The molecule has 4 rings (SSSR count). The number of nitrogens with zero attached hydrogens (tertiary/aromatic N) is 1. The number of carbonyl (C=O) groups excluding carboxylic acids is 3. The molecule has 1 unspecified atom stereocenters. The van der Waals surface area contributed by atoms with E-state index in [1.54, 1.807) is 6.07 Å². The molecule has 4 atom stereocenters. The molecule has 8 nitrogen and oxygen atoms in total. The molecule has 2 aliphatic heterocycles. The lowest BCUT2D eigenvalue weighted by molar-refractivity contribution is -0.125. The van der Waals surface area contributed by atoms with Crippen molar-refractivity contribution in [2.75, 3.05) is 6.61 Å². The number of alkyl carbamates (subject to hydrolysis) is 1. The lowest BCUT2D eigenvalue weighted by Gasteiger charge is -2.25. The Morgan fingerprint density at radius 3 is 2.68 bits per heavy atom. The molecule has 0 radical (unpaired) electrons. The highest BCUT2D eigenvalue weighted by molar-refractivity contribution is 8.09. The van der Waals surface area contributed by atoms with Gasteiger partial charge >= 0.3 is 6.09 Å². The van der Waals surface area contributed by atoms with Gasteiger partial charge in [0.05, 0.1) is 6.07 Å². The maximum atomic E-state index is 13.4. The molecule has 0 spiro atoms. The van der Waals surface area contributed by atoms with Crippen LogP contribution in [0, 0.1) is 23.2 Å². The molecule has 2 saturated heterocycles. The van der Waals surface area contributed by atoms with Crippen LogP contribution >= 0.6 is 23.4 Å². The van der Waals surface area contributed by atoms with E-state index in [0.29, 0.717) is 23.8 Å². The summed E-state index contributed by atoms with van der Waals surface area (Å²) in [6, 6.07) is 8.82. The number of halogens is 1. The quantitative estimate of drug-likeness (QED) is 0.377. The molecule has 0 aromatic heterocycles. The predicted octanol–water partition coefficient (Wildman–Crippen LogP) is 4.27. The fourth-order valence-corrected chi connectivity index (χ4v) is 6.43. The molecule has 1 aromatic carbocycles. The number of hydrogen-bond acceptors (Lipinski definition) is 6. The van der Waals surface area contributed by atoms with Gasteiger partial charge in [0.1, 0.15) is 22.8 Å². The van der Waals surface area contributed by atoms with E-state index in [0.717, 1.165) is 18.4 Å². The number of amides is 3. The Bertz CT molecular complexity index is 1120. The SMILES string of the molecule is CC1(C)C[C@@H](C[C@@H](C#N)NC(=O)[C@]2(CC3CC3)SC2NC(=O)OCC(C)(C)c2cccc(Cl)c2)C(=O)N1. The number of rotatable bonds is 10. The van der Waals surface area contributed by atoms with Crippen molar-refractivity contribution in [3.8, 4) is 6.07 Å². The zero-order valence-corrected chi connectivity index (χ0v) is 23.3. The summed E-state index contributed by atoms with van der Waals surface area (Å²) in [4.78, 5) is 38.3. The largest absolute Gasteiger partial charge is 0.449 e. The Labute approximate surface area is 227 Å². The van der Waals surface area contributed by atoms with Crippen LogP contribution in [0.1, 0.15) is 65.4 Å². The first-order valence-electron chi connectivity index (χ1n) is 12.7. The molecule has 3 aliphatic rings. The topological polar surface area (TPSA) is 120 Å². The first kappa shape index (κ1) is 27.6. The molecule has 3 amide bonds. The highest BCUT2D eigenvalue weighted by atomic mass is 35.5. The van der Waals surface area contributed by atoms with E-state index in [1.165, 1.54) is 11.8 Å². The minimum atomic E-state index is -0.824. The van der Waals surface area contributed by atoms with Crippen molar-refractivity contribution in [1.82, 2.24) is 16.0 Å². The summed E-state index contributed by atoms with van der Waals surface area (Å²) in [6.07, 6.45) is 3.04.